The molecule has 4 atom stereocenters. The van der Waals surface area contributed by atoms with Gasteiger partial charge in [-0.2, -0.15) is 0 Å². The average Bonchev–Trinajstić information content (AvgIpc) is 2.28. The summed E-state index contributed by atoms with van der Waals surface area (Å²) in [6, 6.07) is 0. The maximum Gasteiger partial charge on any atom is 0.153 e. The quantitative estimate of drug-likeness (QED) is 0.676. The van der Waals surface area contributed by atoms with Gasteiger partial charge in [0.25, 0.3) is 0 Å². The van der Waals surface area contributed by atoms with Gasteiger partial charge in [-0.3, -0.25) is 4.79 Å². The summed E-state index contributed by atoms with van der Waals surface area (Å²) >= 11 is 3.68. The first-order valence-electron chi connectivity index (χ1n) is 5.04. The monoisotopic (exact) mass is 240 g/mol. The number of aliphatic hydroxyl groups is 1. The van der Waals surface area contributed by atoms with E-state index in [2.05, 4.69) is 15.9 Å². The Morgan fingerprint density at radius 2 is 1.85 bits per heavy atom. The molecule has 68 valence electrons. The zero-order valence-corrected chi connectivity index (χ0v) is 8.49. The lowest BCUT2D eigenvalue weighted by Crippen LogP contribution is -2.93. The van der Waals surface area contributed by atoms with Crippen LogP contribution in [0.25, 0.3) is 0 Å². The normalized spacial score (nSPS) is 83.7. The highest BCUT2D eigenvalue weighted by molar-refractivity contribution is 9.10. The molecule has 6 fully saturated rings. The minimum atomic E-state index is -0.0887. The van der Waals surface area contributed by atoms with Gasteiger partial charge >= 0.3 is 0 Å². The molecule has 0 aliphatic heterocycles. The standard InChI is InChI=1S/C10H9BrO2/c11-10-6-3-2(8(10)13)4-7(10)5(6)9(3,4)1-12/h2-7,12H,1H2. The van der Waals surface area contributed by atoms with Crippen molar-refractivity contribution in [1.29, 1.82) is 0 Å². The summed E-state index contributed by atoms with van der Waals surface area (Å²) in [5, 5.41) is 9.39. The van der Waals surface area contributed by atoms with Crippen molar-refractivity contribution in [2.45, 2.75) is 4.32 Å². The third-order valence-electron chi connectivity index (χ3n) is 6.11. The number of hydrogen-bond donors (Lipinski definition) is 1. The van der Waals surface area contributed by atoms with E-state index in [1.807, 2.05) is 0 Å². The van der Waals surface area contributed by atoms with Crippen LogP contribution in [0.5, 0.6) is 0 Å². The fourth-order valence-corrected chi connectivity index (χ4v) is 7.44. The predicted molar refractivity (Wildman–Crippen MR) is 47.1 cm³/mol. The van der Waals surface area contributed by atoms with Gasteiger partial charge < -0.3 is 5.11 Å². The summed E-state index contributed by atoms with van der Waals surface area (Å²) < 4.78 is -0.0887. The number of ketones is 1. The zero-order chi connectivity index (χ0) is 8.75. The topological polar surface area (TPSA) is 37.3 Å². The lowest BCUT2D eigenvalue weighted by molar-refractivity contribution is -0.445. The van der Waals surface area contributed by atoms with Crippen LogP contribution in [0, 0.1) is 40.9 Å². The van der Waals surface area contributed by atoms with Crippen molar-refractivity contribution in [2.24, 2.45) is 40.9 Å². The number of carbonyl (C=O) groups excluding carboxylic acids is 1. The van der Waals surface area contributed by atoms with Gasteiger partial charge in [-0.1, -0.05) is 15.9 Å². The van der Waals surface area contributed by atoms with Gasteiger partial charge in [0, 0.05) is 17.9 Å². The van der Waals surface area contributed by atoms with Crippen LogP contribution < -0.4 is 0 Å². The number of alkyl halides is 1. The van der Waals surface area contributed by atoms with Gasteiger partial charge in [-0.05, 0) is 29.6 Å². The van der Waals surface area contributed by atoms with E-state index in [4.69, 9.17) is 0 Å². The molecule has 0 amide bonds. The molecule has 6 rings (SSSR count). The van der Waals surface area contributed by atoms with Crippen LogP contribution in [0.2, 0.25) is 0 Å². The maximum absolute atomic E-state index is 11.9. The summed E-state index contributed by atoms with van der Waals surface area (Å²) in [7, 11) is 0. The fraction of sp³-hybridized carbons (Fsp3) is 0.900. The van der Waals surface area contributed by atoms with Crippen molar-refractivity contribution in [1.82, 2.24) is 0 Å². The van der Waals surface area contributed by atoms with Crippen molar-refractivity contribution < 1.29 is 9.90 Å². The Hall–Kier alpha value is 0.110. The predicted octanol–water partition coefficient (Wildman–Crippen LogP) is 0.433. The molecule has 6 saturated carbocycles. The van der Waals surface area contributed by atoms with Crippen LogP contribution in [0.3, 0.4) is 0 Å². The first-order valence-corrected chi connectivity index (χ1v) is 5.84. The number of rotatable bonds is 1. The molecule has 0 aromatic carbocycles. The molecule has 2 bridgehead atoms. The molecule has 1 N–H and O–H groups in total. The second kappa shape index (κ2) is 1.28. The molecule has 0 saturated heterocycles. The Kier molecular flexibility index (Phi) is 0.649. The second-order valence-corrected chi connectivity index (χ2v) is 6.87. The molecule has 0 aromatic heterocycles. The van der Waals surface area contributed by atoms with Crippen LogP contribution in [0.4, 0.5) is 0 Å². The average molecular weight is 241 g/mol. The molecular formula is C10H9BrO2. The first kappa shape index (κ1) is 6.57. The van der Waals surface area contributed by atoms with E-state index in [9.17, 15) is 9.90 Å². The Balaban J connectivity index is 1.80. The Labute approximate surface area is 83.8 Å². The molecular weight excluding hydrogens is 232 g/mol. The molecule has 6 aliphatic rings. The summed E-state index contributed by atoms with van der Waals surface area (Å²) in [5.41, 5.74) is 0.253. The largest absolute Gasteiger partial charge is 0.396 e. The van der Waals surface area contributed by atoms with Crippen molar-refractivity contribution >= 4 is 21.7 Å². The molecule has 2 nitrogen and oxygen atoms in total. The van der Waals surface area contributed by atoms with Gasteiger partial charge in [0.1, 0.15) is 0 Å². The third kappa shape index (κ3) is 0.275. The van der Waals surface area contributed by atoms with Gasteiger partial charge in [0.15, 0.2) is 5.78 Å². The maximum atomic E-state index is 11.9. The van der Waals surface area contributed by atoms with Gasteiger partial charge in [-0.25, -0.2) is 0 Å². The van der Waals surface area contributed by atoms with Crippen LogP contribution in [-0.2, 0) is 4.79 Å². The lowest BCUT2D eigenvalue weighted by Gasteiger charge is -2.91. The van der Waals surface area contributed by atoms with E-state index in [0.29, 0.717) is 42.0 Å². The van der Waals surface area contributed by atoms with Crippen LogP contribution in [0.15, 0.2) is 0 Å². The molecule has 0 spiro atoms. The molecule has 0 radical (unpaired) electrons. The zero-order valence-electron chi connectivity index (χ0n) is 6.90. The molecule has 0 heterocycles. The van der Waals surface area contributed by atoms with E-state index in [1.54, 1.807) is 0 Å². The lowest BCUT2D eigenvalue weighted by atomic mass is 9.13. The third-order valence-corrected chi connectivity index (χ3v) is 7.56. The Morgan fingerprint density at radius 1 is 1.23 bits per heavy atom. The highest BCUT2D eigenvalue weighted by Crippen LogP contribution is 3.01. The molecule has 6 aliphatic carbocycles. The van der Waals surface area contributed by atoms with Crippen LogP contribution >= 0.6 is 15.9 Å². The number of Topliss-reactive ketones (excluding diaryl/α,β-unsaturated/α-hetero) is 1. The summed E-state index contributed by atoms with van der Waals surface area (Å²) in [4.78, 5) is 11.9. The Morgan fingerprint density at radius 3 is 2.31 bits per heavy atom. The van der Waals surface area contributed by atoms with Gasteiger partial charge in [0.2, 0.25) is 0 Å². The van der Waals surface area contributed by atoms with E-state index < -0.39 is 0 Å². The number of halogens is 1. The molecule has 0 aromatic rings. The fourth-order valence-electron chi connectivity index (χ4n) is 6.03. The smallest absolute Gasteiger partial charge is 0.153 e. The van der Waals surface area contributed by atoms with E-state index >= 15 is 0 Å². The van der Waals surface area contributed by atoms with Crippen molar-refractivity contribution in [3.63, 3.8) is 0 Å². The summed E-state index contributed by atoms with van der Waals surface area (Å²) in [6.07, 6.45) is 0. The molecule has 4 unspecified atom stereocenters. The van der Waals surface area contributed by atoms with Crippen molar-refractivity contribution in [3.05, 3.63) is 0 Å². The van der Waals surface area contributed by atoms with Gasteiger partial charge in [0.05, 0.1) is 4.32 Å². The highest BCUT2D eigenvalue weighted by atomic mass is 79.9. The van der Waals surface area contributed by atoms with Crippen LogP contribution in [0.1, 0.15) is 0 Å². The second-order valence-electron chi connectivity index (χ2n) is 5.56. The van der Waals surface area contributed by atoms with Crippen molar-refractivity contribution in [2.75, 3.05) is 6.61 Å². The van der Waals surface area contributed by atoms with E-state index in [1.165, 1.54) is 0 Å². The number of hydrogen-bond acceptors (Lipinski definition) is 2. The highest BCUT2D eigenvalue weighted by Gasteiger charge is 3.04. The van der Waals surface area contributed by atoms with E-state index in [-0.39, 0.29) is 9.74 Å². The molecule has 3 heteroatoms. The van der Waals surface area contributed by atoms with Crippen molar-refractivity contribution in [3.8, 4) is 0 Å². The summed E-state index contributed by atoms with van der Waals surface area (Å²) in [6.45, 7) is 0.340. The van der Waals surface area contributed by atoms with E-state index in [0.717, 1.165) is 5.92 Å². The van der Waals surface area contributed by atoms with Crippen LogP contribution in [-0.4, -0.2) is 21.8 Å². The van der Waals surface area contributed by atoms with Gasteiger partial charge in [-0.15, -0.1) is 0 Å². The number of aliphatic hydroxyl groups excluding tert-OH is 1. The Bertz CT molecular complexity index is 370. The SMILES string of the molecule is O=C1C2C3C4C5C(C2C35CO)C14Br. The number of carbonyl (C=O) groups is 1. The molecule has 13 heavy (non-hydrogen) atoms. The first-order chi connectivity index (χ1) is 6.20. The minimum absolute atomic E-state index is 0.0887. The summed E-state index contributed by atoms with van der Waals surface area (Å²) in [5.74, 6) is 3.93. The minimum Gasteiger partial charge on any atom is -0.396 e.